The molecule has 1 saturated carbocycles. The Morgan fingerprint density at radius 3 is 2.50 bits per heavy atom. The summed E-state index contributed by atoms with van der Waals surface area (Å²) in [6, 6.07) is 0. The van der Waals surface area contributed by atoms with Crippen molar-refractivity contribution < 1.29 is 9.90 Å². The molecule has 0 aromatic rings. The fraction of sp³-hybridized carbons (Fsp3) is 0.923. The van der Waals surface area contributed by atoms with E-state index < -0.39 is 0 Å². The maximum Gasteiger partial charge on any atom is 0.225 e. The Balaban J connectivity index is 2.34. The highest BCUT2D eigenvalue weighted by Crippen LogP contribution is 2.41. The van der Waals surface area contributed by atoms with Gasteiger partial charge in [0.1, 0.15) is 0 Å². The van der Waals surface area contributed by atoms with Crippen LogP contribution in [0.1, 0.15) is 46.5 Å². The molecule has 0 heterocycles. The van der Waals surface area contributed by atoms with E-state index in [1.165, 1.54) is 19.3 Å². The van der Waals surface area contributed by atoms with Crippen LogP contribution in [0.4, 0.5) is 0 Å². The van der Waals surface area contributed by atoms with Gasteiger partial charge in [-0.15, -0.1) is 0 Å². The van der Waals surface area contributed by atoms with Crippen LogP contribution < -0.4 is 5.32 Å². The lowest BCUT2D eigenvalue weighted by molar-refractivity contribution is -0.127. The fourth-order valence-corrected chi connectivity index (χ4v) is 2.19. The molecule has 0 spiro atoms. The average molecular weight is 227 g/mol. The highest BCUT2D eigenvalue weighted by molar-refractivity contribution is 5.78. The third-order valence-electron chi connectivity index (χ3n) is 4.01. The Morgan fingerprint density at radius 1 is 1.50 bits per heavy atom. The van der Waals surface area contributed by atoms with E-state index >= 15 is 0 Å². The monoisotopic (exact) mass is 227 g/mol. The minimum absolute atomic E-state index is 0.00241. The lowest BCUT2D eigenvalue weighted by Crippen LogP contribution is -2.43. The Hall–Kier alpha value is -0.570. The molecule has 1 unspecified atom stereocenters. The molecule has 0 aromatic carbocycles. The van der Waals surface area contributed by atoms with Crippen LogP contribution in [0.15, 0.2) is 0 Å². The zero-order chi connectivity index (χ0) is 12.2. The summed E-state index contributed by atoms with van der Waals surface area (Å²) in [7, 11) is 0. The quantitative estimate of drug-likeness (QED) is 0.728. The van der Waals surface area contributed by atoms with Gasteiger partial charge in [-0.2, -0.15) is 0 Å². The summed E-state index contributed by atoms with van der Waals surface area (Å²) >= 11 is 0. The second kappa shape index (κ2) is 5.67. The van der Waals surface area contributed by atoms with E-state index in [0.717, 1.165) is 12.5 Å². The molecule has 3 heteroatoms. The first-order chi connectivity index (χ1) is 7.51. The number of aliphatic hydroxyl groups is 1. The summed E-state index contributed by atoms with van der Waals surface area (Å²) < 4.78 is 0. The van der Waals surface area contributed by atoms with Gasteiger partial charge in [0.25, 0.3) is 0 Å². The van der Waals surface area contributed by atoms with E-state index in [4.69, 9.17) is 5.11 Å². The highest BCUT2D eigenvalue weighted by atomic mass is 16.3. The topological polar surface area (TPSA) is 49.3 Å². The van der Waals surface area contributed by atoms with Gasteiger partial charge < -0.3 is 10.4 Å². The number of nitrogens with one attached hydrogen (secondary N) is 1. The van der Waals surface area contributed by atoms with Gasteiger partial charge in [0, 0.05) is 6.54 Å². The molecule has 3 nitrogen and oxygen atoms in total. The van der Waals surface area contributed by atoms with Crippen LogP contribution in [-0.4, -0.2) is 24.2 Å². The maximum absolute atomic E-state index is 11.7. The van der Waals surface area contributed by atoms with Crippen LogP contribution in [0.25, 0.3) is 0 Å². The molecule has 1 amide bonds. The lowest BCUT2D eigenvalue weighted by Gasteiger charge is -2.40. The van der Waals surface area contributed by atoms with Gasteiger partial charge >= 0.3 is 0 Å². The number of hydrogen-bond donors (Lipinski definition) is 2. The predicted molar refractivity (Wildman–Crippen MR) is 65.0 cm³/mol. The summed E-state index contributed by atoms with van der Waals surface area (Å²) in [5, 5.41) is 12.0. The van der Waals surface area contributed by atoms with E-state index in [0.29, 0.717) is 6.42 Å². The van der Waals surface area contributed by atoms with Crippen LogP contribution in [0.3, 0.4) is 0 Å². The van der Waals surface area contributed by atoms with E-state index in [9.17, 15) is 4.79 Å². The van der Waals surface area contributed by atoms with Crippen molar-refractivity contribution in [3.63, 3.8) is 0 Å². The van der Waals surface area contributed by atoms with Gasteiger partial charge in [0.2, 0.25) is 5.91 Å². The molecule has 2 N–H and O–H groups in total. The van der Waals surface area contributed by atoms with Crippen molar-refractivity contribution in [2.24, 2.45) is 17.3 Å². The Labute approximate surface area is 98.6 Å². The summed E-state index contributed by atoms with van der Waals surface area (Å²) in [6.45, 7) is 7.05. The SMILES string of the molecule is CCC(CO)C(=O)NCC(C)(C)C1CCC1. The van der Waals surface area contributed by atoms with Gasteiger partial charge in [0.05, 0.1) is 12.5 Å². The van der Waals surface area contributed by atoms with Crippen LogP contribution in [0.2, 0.25) is 0 Å². The van der Waals surface area contributed by atoms with Gasteiger partial charge in [-0.25, -0.2) is 0 Å². The molecule has 1 rings (SSSR count). The Kier molecular flexibility index (Phi) is 4.78. The van der Waals surface area contributed by atoms with E-state index in [1.54, 1.807) is 0 Å². The molecule has 0 aliphatic heterocycles. The van der Waals surface area contributed by atoms with Gasteiger partial charge in [-0.3, -0.25) is 4.79 Å². The van der Waals surface area contributed by atoms with Crippen LogP contribution in [0.5, 0.6) is 0 Å². The molecule has 1 atom stereocenters. The van der Waals surface area contributed by atoms with Crippen molar-refractivity contribution in [1.82, 2.24) is 5.32 Å². The largest absolute Gasteiger partial charge is 0.396 e. The van der Waals surface area contributed by atoms with Gasteiger partial charge in [-0.05, 0) is 30.6 Å². The number of hydrogen-bond acceptors (Lipinski definition) is 2. The molecule has 0 aromatic heterocycles. The normalized spacial score (nSPS) is 19.0. The molecule has 1 aliphatic carbocycles. The Morgan fingerprint density at radius 2 is 2.12 bits per heavy atom. The molecular formula is C13H25NO2. The fourth-order valence-electron chi connectivity index (χ4n) is 2.19. The first-order valence-electron chi connectivity index (χ1n) is 6.39. The summed E-state index contributed by atoms with van der Waals surface area (Å²) in [4.78, 5) is 11.7. The van der Waals surface area contributed by atoms with Crippen LogP contribution >= 0.6 is 0 Å². The molecule has 1 fully saturated rings. The number of rotatable bonds is 6. The van der Waals surface area contributed by atoms with Gasteiger partial charge in [0.15, 0.2) is 0 Å². The lowest BCUT2D eigenvalue weighted by atomic mass is 9.67. The summed E-state index contributed by atoms with van der Waals surface area (Å²) in [5.74, 6) is 0.511. The summed E-state index contributed by atoms with van der Waals surface area (Å²) in [5.41, 5.74) is 0.196. The summed E-state index contributed by atoms with van der Waals surface area (Å²) in [6.07, 6.45) is 4.61. The zero-order valence-corrected chi connectivity index (χ0v) is 10.8. The van der Waals surface area contributed by atoms with Crippen molar-refractivity contribution in [2.75, 3.05) is 13.2 Å². The maximum atomic E-state index is 11.7. The van der Waals surface area contributed by atoms with Crippen molar-refractivity contribution in [3.8, 4) is 0 Å². The first-order valence-corrected chi connectivity index (χ1v) is 6.39. The first kappa shape index (κ1) is 13.5. The number of amides is 1. The van der Waals surface area contributed by atoms with Crippen LogP contribution in [0, 0.1) is 17.3 Å². The number of carbonyl (C=O) groups is 1. The number of carbonyl (C=O) groups excluding carboxylic acids is 1. The number of aliphatic hydroxyl groups excluding tert-OH is 1. The molecular weight excluding hydrogens is 202 g/mol. The smallest absolute Gasteiger partial charge is 0.225 e. The van der Waals surface area contributed by atoms with Crippen molar-refractivity contribution in [3.05, 3.63) is 0 Å². The molecule has 0 radical (unpaired) electrons. The molecule has 0 bridgehead atoms. The Bertz CT molecular complexity index is 230. The molecule has 1 aliphatic rings. The van der Waals surface area contributed by atoms with Crippen LogP contribution in [-0.2, 0) is 4.79 Å². The average Bonchev–Trinajstić information content (AvgIpc) is 2.13. The van der Waals surface area contributed by atoms with E-state index in [2.05, 4.69) is 19.2 Å². The van der Waals surface area contributed by atoms with E-state index in [1.807, 2.05) is 6.92 Å². The predicted octanol–water partition coefficient (Wildman–Crippen LogP) is 1.95. The van der Waals surface area contributed by atoms with Crippen molar-refractivity contribution in [2.45, 2.75) is 46.5 Å². The molecule has 94 valence electrons. The molecule has 16 heavy (non-hydrogen) atoms. The van der Waals surface area contributed by atoms with Gasteiger partial charge in [-0.1, -0.05) is 27.2 Å². The van der Waals surface area contributed by atoms with E-state index in [-0.39, 0.29) is 23.8 Å². The van der Waals surface area contributed by atoms with Crippen molar-refractivity contribution in [1.29, 1.82) is 0 Å². The second-order valence-electron chi connectivity index (χ2n) is 5.62. The highest BCUT2D eigenvalue weighted by Gasteiger charge is 2.34. The second-order valence-corrected chi connectivity index (χ2v) is 5.62. The van der Waals surface area contributed by atoms with Crippen molar-refractivity contribution >= 4 is 5.91 Å². The third kappa shape index (κ3) is 3.21. The zero-order valence-electron chi connectivity index (χ0n) is 10.8. The molecule has 0 saturated heterocycles. The standard InChI is InChI=1S/C13H25NO2/c1-4-10(8-15)12(16)14-9-13(2,3)11-6-5-7-11/h10-11,15H,4-9H2,1-3H3,(H,14,16). The minimum atomic E-state index is -0.239. The third-order valence-corrected chi connectivity index (χ3v) is 4.01. The minimum Gasteiger partial charge on any atom is -0.396 e.